The molecular weight excluding hydrogens is 410 g/mol. The van der Waals surface area contributed by atoms with Gasteiger partial charge in [-0.15, -0.1) is 11.8 Å². The number of carbonyl (C=O) groups excluding carboxylic acids is 1. The summed E-state index contributed by atoms with van der Waals surface area (Å²) in [6, 6.07) is 11.9. The van der Waals surface area contributed by atoms with E-state index in [0.29, 0.717) is 31.3 Å². The van der Waals surface area contributed by atoms with Gasteiger partial charge in [0.25, 0.3) is 0 Å². The first-order chi connectivity index (χ1) is 11.9. The van der Waals surface area contributed by atoms with Gasteiger partial charge in [0.15, 0.2) is 0 Å². The van der Waals surface area contributed by atoms with E-state index in [2.05, 4.69) is 5.10 Å². The molecule has 128 valence electrons. The Bertz CT molecular complexity index is 961. The van der Waals surface area contributed by atoms with Crippen LogP contribution in [0.4, 0.5) is 0 Å². The van der Waals surface area contributed by atoms with E-state index in [4.69, 9.17) is 34.8 Å². The van der Waals surface area contributed by atoms with Gasteiger partial charge in [0.05, 0.1) is 27.3 Å². The van der Waals surface area contributed by atoms with Crippen LogP contribution in [-0.2, 0) is 0 Å². The number of halogens is 3. The quantitative estimate of drug-likeness (QED) is 0.476. The number of aromatic carboxylic acids is 1. The molecule has 0 unspecified atom stereocenters. The van der Waals surface area contributed by atoms with Crippen molar-refractivity contribution in [3.8, 4) is 16.9 Å². The van der Waals surface area contributed by atoms with Crippen LogP contribution in [0.1, 0.15) is 10.5 Å². The van der Waals surface area contributed by atoms with Gasteiger partial charge in [-0.1, -0.05) is 46.9 Å². The summed E-state index contributed by atoms with van der Waals surface area (Å²) in [7, 11) is 0. The summed E-state index contributed by atoms with van der Waals surface area (Å²) in [6.45, 7) is 0. The van der Waals surface area contributed by atoms with Gasteiger partial charge in [-0.25, -0.2) is 4.68 Å². The first kappa shape index (κ1) is 21.2. The molecule has 4 nitrogen and oxygen atoms in total. The number of thioether (sulfide) groups is 1. The van der Waals surface area contributed by atoms with Crippen molar-refractivity contribution < 1.29 is 28.8 Å². The summed E-state index contributed by atoms with van der Waals surface area (Å²) in [5, 5.41) is 17.1. The van der Waals surface area contributed by atoms with Crippen molar-refractivity contribution in [3.05, 3.63) is 63.2 Å². The molecule has 1 aromatic heterocycles. The van der Waals surface area contributed by atoms with Crippen molar-refractivity contribution in [2.24, 2.45) is 0 Å². The van der Waals surface area contributed by atoms with Crippen LogP contribution in [0.25, 0.3) is 16.9 Å². The Morgan fingerprint density at radius 1 is 1.08 bits per heavy atom. The number of rotatable bonds is 4. The summed E-state index contributed by atoms with van der Waals surface area (Å²) in [4.78, 5) is 12.0. The molecule has 1 heterocycles. The van der Waals surface area contributed by atoms with Crippen LogP contribution in [0.5, 0.6) is 0 Å². The van der Waals surface area contributed by atoms with Gasteiger partial charge in [0.2, 0.25) is 0 Å². The number of aromatic nitrogens is 2. The molecule has 0 spiro atoms. The van der Waals surface area contributed by atoms with Crippen LogP contribution in [0.2, 0.25) is 15.1 Å². The van der Waals surface area contributed by atoms with Crippen LogP contribution in [-0.4, -0.2) is 22.0 Å². The normalized spacial score (nSPS) is 10.5. The van der Waals surface area contributed by atoms with Gasteiger partial charge < -0.3 is 9.90 Å². The number of carbonyl (C=O) groups is 1. The molecule has 3 rings (SSSR count). The number of benzene rings is 2. The second-order valence-electron chi connectivity index (χ2n) is 5.03. The average molecular weight is 420 g/mol. The molecule has 0 amide bonds. The Balaban J connectivity index is 0.00000243. The Morgan fingerprint density at radius 2 is 1.69 bits per heavy atom. The summed E-state index contributed by atoms with van der Waals surface area (Å²) in [5.41, 5.74) is 1.70. The van der Waals surface area contributed by atoms with Gasteiger partial charge in [0, 0.05) is 15.6 Å². The van der Waals surface area contributed by atoms with Crippen molar-refractivity contribution in [2.45, 2.75) is 4.90 Å². The predicted octanol–water partition coefficient (Wildman–Crippen LogP) is 1.59. The predicted molar refractivity (Wildman–Crippen MR) is 100 cm³/mol. The number of carboxylic acids is 1. The standard InChI is InChI=1S/C17H11Cl3N2O2S.Li/c1-25-16-14(17(23)24)21-22(13-7-6-11(19)8-12(13)20)15(16)9-2-4-10(18)5-3-9;/h2-8H,1H3,(H,23,24);/q;+1/p-1. The van der Waals surface area contributed by atoms with E-state index >= 15 is 0 Å². The number of carboxylic acid groups (broad SMARTS) is 1. The molecule has 0 aliphatic heterocycles. The minimum Gasteiger partial charge on any atom is -0.543 e. The van der Waals surface area contributed by atoms with Crippen molar-refractivity contribution in [1.82, 2.24) is 9.78 Å². The molecule has 0 radical (unpaired) electrons. The van der Waals surface area contributed by atoms with Crippen molar-refractivity contribution in [2.75, 3.05) is 6.26 Å². The van der Waals surface area contributed by atoms with Gasteiger partial charge in [-0.05, 0) is 36.6 Å². The number of hydrogen-bond acceptors (Lipinski definition) is 4. The molecule has 26 heavy (non-hydrogen) atoms. The maximum Gasteiger partial charge on any atom is 1.00 e. The topological polar surface area (TPSA) is 57.9 Å². The SMILES string of the molecule is CSc1c(C(=O)[O-])nn(-c2ccc(Cl)cc2Cl)c1-c1ccc(Cl)cc1.[Li+]. The van der Waals surface area contributed by atoms with Crippen molar-refractivity contribution in [3.63, 3.8) is 0 Å². The van der Waals surface area contributed by atoms with Crippen LogP contribution < -0.4 is 24.0 Å². The minimum atomic E-state index is -1.36. The summed E-state index contributed by atoms with van der Waals surface area (Å²) >= 11 is 19.5. The summed E-state index contributed by atoms with van der Waals surface area (Å²) < 4.78 is 1.48. The van der Waals surface area contributed by atoms with Crippen LogP contribution in [0.3, 0.4) is 0 Å². The average Bonchev–Trinajstić information content (AvgIpc) is 2.95. The third kappa shape index (κ3) is 4.09. The monoisotopic (exact) mass is 418 g/mol. The summed E-state index contributed by atoms with van der Waals surface area (Å²) in [6.07, 6.45) is 1.77. The molecule has 0 bridgehead atoms. The van der Waals surface area contributed by atoms with Crippen LogP contribution in [0.15, 0.2) is 47.4 Å². The second-order valence-corrected chi connectivity index (χ2v) is 7.13. The fourth-order valence-corrected chi connectivity index (χ4v) is 3.75. The maximum absolute atomic E-state index is 11.5. The first-order valence-electron chi connectivity index (χ1n) is 7.02. The van der Waals surface area contributed by atoms with Gasteiger partial charge in [-0.2, -0.15) is 5.10 Å². The second kappa shape index (κ2) is 8.75. The molecule has 0 aliphatic rings. The molecule has 0 fully saturated rings. The first-order valence-corrected chi connectivity index (χ1v) is 9.38. The number of nitrogens with zero attached hydrogens (tertiary/aromatic N) is 2. The smallest absolute Gasteiger partial charge is 0.543 e. The Morgan fingerprint density at radius 3 is 2.23 bits per heavy atom. The Labute approximate surface area is 181 Å². The largest absolute Gasteiger partial charge is 1.00 e. The van der Waals surface area contributed by atoms with E-state index in [0.717, 1.165) is 5.56 Å². The molecular formula is C17H10Cl3LiN2O2S. The van der Waals surface area contributed by atoms with Crippen molar-refractivity contribution in [1.29, 1.82) is 0 Å². The van der Waals surface area contributed by atoms with E-state index in [1.54, 1.807) is 48.7 Å². The van der Waals surface area contributed by atoms with E-state index in [-0.39, 0.29) is 24.6 Å². The van der Waals surface area contributed by atoms with E-state index in [1.165, 1.54) is 16.4 Å². The number of hydrogen-bond donors (Lipinski definition) is 0. The molecule has 9 heteroatoms. The van der Waals surface area contributed by atoms with Crippen LogP contribution >= 0.6 is 46.6 Å². The van der Waals surface area contributed by atoms with E-state index < -0.39 is 5.97 Å². The molecule has 2 aromatic carbocycles. The zero-order valence-electron chi connectivity index (χ0n) is 13.8. The fourth-order valence-electron chi connectivity index (χ4n) is 2.42. The molecule has 3 aromatic rings. The van der Waals surface area contributed by atoms with E-state index in [1.807, 2.05) is 0 Å². The maximum atomic E-state index is 11.5. The molecule has 0 N–H and O–H groups in total. The Hall–Kier alpha value is -1.06. The van der Waals surface area contributed by atoms with Gasteiger partial charge in [-0.3, -0.25) is 0 Å². The molecule has 0 saturated heterocycles. The molecule has 0 atom stereocenters. The molecule has 0 saturated carbocycles. The minimum absolute atomic E-state index is 0. The summed E-state index contributed by atoms with van der Waals surface area (Å²) in [5.74, 6) is -1.36. The zero-order chi connectivity index (χ0) is 18.1. The zero-order valence-corrected chi connectivity index (χ0v) is 16.9. The third-order valence-corrected chi connectivity index (χ3v) is 5.08. The Kier molecular flexibility index (Phi) is 7.15. The molecule has 0 aliphatic carbocycles. The van der Waals surface area contributed by atoms with Crippen LogP contribution in [0, 0.1) is 0 Å². The van der Waals surface area contributed by atoms with Gasteiger partial charge in [0.1, 0.15) is 5.69 Å². The van der Waals surface area contributed by atoms with Crippen molar-refractivity contribution >= 4 is 52.5 Å². The fraction of sp³-hybridized carbons (Fsp3) is 0.0588. The third-order valence-electron chi connectivity index (χ3n) is 3.50. The van der Waals surface area contributed by atoms with Gasteiger partial charge >= 0.3 is 18.9 Å². The van der Waals surface area contributed by atoms with E-state index in [9.17, 15) is 9.90 Å².